The molecule has 0 spiro atoms. The van der Waals surface area contributed by atoms with Crippen LogP contribution >= 0.6 is 0 Å². The Kier molecular flexibility index (Phi) is 3.82. The van der Waals surface area contributed by atoms with Crippen molar-refractivity contribution in [2.75, 3.05) is 26.2 Å². The third kappa shape index (κ3) is 2.55. The zero-order valence-corrected chi connectivity index (χ0v) is 9.87. The fourth-order valence-corrected chi connectivity index (χ4v) is 2.78. The molecule has 1 aliphatic heterocycles. The van der Waals surface area contributed by atoms with Crippen LogP contribution in [0.3, 0.4) is 0 Å². The summed E-state index contributed by atoms with van der Waals surface area (Å²) in [6.07, 6.45) is 6.58. The summed E-state index contributed by atoms with van der Waals surface area (Å²) in [6, 6.07) is 0. The second kappa shape index (κ2) is 5.15. The lowest BCUT2D eigenvalue weighted by molar-refractivity contribution is -0.129. The van der Waals surface area contributed by atoms with E-state index in [-0.39, 0.29) is 18.1 Å². The van der Waals surface area contributed by atoms with Crippen molar-refractivity contribution in [3.8, 4) is 0 Å². The number of nitrogens with one attached hydrogen (secondary N) is 1. The summed E-state index contributed by atoms with van der Waals surface area (Å²) in [6.45, 7) is 2.36. The highest BCUT2D eigenvalue weighted by Gasteiger charge is 2.33. The minimum Gasteiger partial charge on any atom is -0.394 e. The van der Waals surface area contributed by atoms with E-state index in [1.807, 2.05) is 4.90 Å². The summed E-state index contributed by atoms with van der Waals surface area (Å²) < 4.78 is 0. The number of hydrogen-bond donors (Lipinski definition) is 2. The van der Waals surface area contributed by atoms with Gasteiger partial charge >= 0.3 is 0 Å². The maximum absolute atomic E-state index is 11.8. The number of rotatable bonds is 4. The van der Waals surface area contributed by atoms with Gasteiger partial charge in [-0.3, -0.25) is 4.79 Å². The number of carbonyl (C=O) groups excluding carboxylic acids is 1. The summed E-state index contributed by atoms with van der Waals surface area (Å²) in [7, 11) is 0. The van der Waals surface area contributed by atoms with Crippen LogP contribution in [0.2, 0.25) is 0 Å². The fourth-order valence-electron chi connectivity index (χ4n) is 2.78. The van der Waals surface area contributed by atoms with Crippen molar-refractivity contribution >= 4 is 5.91 Å². The molecule has 2 N–H and O–H groups in total. The topological polar surface area (TPSA) is 52.6 Å². The number of aliphatic hydroxyl groups is 1. The average molecular weight is 226 g/mol. The molecule has 92 valence electrons. The number of hydrogen-bond acceptors (Lipinski definition) is 3. The average Bonchev–Trinajstić information content (AvgIpc) is 2.98. The Hall–Kier alpha value is -0.610. The van der Waals surface area contributed by atoms with Crippen LogP contribution in [0, 0.1) is 0 Å². The number of carbonyl (C=O) groups is 1. The molecular formula is C12H22N2O2. The number of aliphatic hydroxyl groups excluding tert-OH is 1. The molecule has 1 saturated heterocycles. The van der Waals surface area contributed by atoms with Crippen LogP contribution < -0.4 is 5.32 Å². The van der Waals surface area contributed by atoms with Gasteiger partial charge in [-0.1, -0.05) is 12.8 Å². The third-order valence-electron chi connectivity index (χ3n) is 3.94. The van der Waals surface area contributed by atoms with Gasteiger partial charge in [0.2, 0.25) is 5.91 Å². The van der Waals surface area contributed by atoms with Gasteiger partial charge in [0, 0.05) is 18.6 Å². The zero-order valence-electron chi connectivity index (χ0n) is 9.87. The molecule has 1 aliphatic carbocycles. The van der Waals surface area contributed by atoms with Gasteiger partial charge in [-0.25, -0.2) is 0 Å². The number of amides is 1. The predicted molar refractivity (Wildman–Crippen MR) is 62.1 cm³/mol. The summed E-state index contributed by atoms with van der Waals surface area (Å²) >= 11 is 0. The van der Waals surface area contributed by atoms with Crippen molar-refractivity contribution < 1.29 is 9.90 Å². The van der Waals surface area contributed by atoms with Crippen molar-refractivity contribution in [3.63, 3.8) is 0 Å². The van der Waals surface area contributed by atoms with E-state index < -0.39 is 0 Å². The molecule has 0 atom stereocenters. The minimum atomic E-state index is -0.171. The fraction of sp³-hybridized carbons (Fsp3) is 0.917. The van der Waals surface area contributed by atoms with E-state index in [1.54, 1.807) is 0 Å². The lowest BCUT2D eigenvalue weighted by atomic mass is 9.99. The molecule has 1 amide bonds. The Morgan fingerprint density at radius 3 is 2.38 bits per heavy atom. The van der Waals surface area contributed by atoms with Gasteiger partial charge in [-0.2, -0.15) is 0 Å². The van der Waals surface area contributed by atoms with Crippen LogP contribution in [0.25, 0.3) is 0 Å². The second-order valence-corrected chi connectivity index (χ2v) is 5.09. The molecule has 0 unspecified atom stereocenters. The van der Waals surface area contributed by atoms with Gasteiger partial charge in [0.15, 0.2) is 0 Å². The molecule has 16 heavy (non-hydrogen) atoms. The summed E-state index contributed by atoms with van der Waals surface area (Å²) in [5.74, 6) is 0.192. The first-order valence-electron chi connectivity index (χ1n) is 6.39. The second-order valence-electron chi connectivity index (χ2n) is 5.09. The van der Waals surface area contributed by atoms with Gasteiger partial charge in [-0.15, -0.1) is 0 Å². The van der Waals surface area contributed by atoms with E-state index in [1.165, 1.54) is 0 Å². The van der Waals surface area contributed by atoms with Crippen LogP contribution in [0.15, 0.2) is 0 Å². The first kappa shape index (κ1) is 11.9. The van der Waals surface area contributed by atoms with Gasteiger partial charge < -0.3 is 15.3 Å². The van der Waals surface area contributed by atoms with E-state index in [4.69, 9.17) is 0 Å². The molecule has 2 aliphatic rings. The highest BCUT2D eigenvalue weighted by atomic mass is 16.3. The van der Waals surface area contributed by atoms with E-state index in [2.05, 4.69) is 5.32 Å². The highest BCUT2D eigenvalue weighted by molar-refractivity contribution is 5.78. The Bertz CT molecular complexity index is 243. The molecule has 1 heterocycles. The lowest BCUT2D eigenvalue weighted by Gasteiger charge is -2.28. The first-order chi connectivity index (χ1) is 7.76. The quantitative estimate of drug-likeness (QED) is 0.734. The molecule has 4 heteroatoms. The molecule has 0 bridgehead atoms. The van der Waals surface area contributed by atoms with Crippen LogP contribution in [0.5, 0.6) is 0 Å². The Morgan fingerprint density at radius 2 is 1.81 bits per heavy atom. The van der Waals surface area contributed by atoms with Crippen LogP contribution in [0.4, 0.5) is 0 Å². The Labute approximate surface area is 97.0 Å². The maximum atomic E-state index is 11.8. The van der Waals surface area contributed by atoms with Crippen molar-refractivity contribution in [1.82, 2.24) is 10.2 Å². The number of nitrogens with zero attached hydrogens (tertiary/aromatic N) is 1. The summed E-state index contributed by atoms with van der Waals surface area (Å²) in [5.41, 5.74) is -0.171. The van der Waals surface area contributed by atoms with Crippen molar-refractivity contribution in [3.05, 3.63) is 0 Å². The molecule has 0 aromatic rings. The first-order valence-corrected chi connectivity index (χ1v) is 6.39. The SMILES string of the molecule is O=C(CNC1(CO)CCCC1)N1CCCC1. The predicted octanol–water partition coefficient (Wildman–Crippen LogP) is 0.503. The zero-order chi connectivity index (χ0) is 11.4. The van der Waals surface area contributed by atoms with Gasteiger partial charge in [0.25, 0.3) is 0 Å². The summed E-state index contributed by atoms with van der Waals surface area (Å²) in [5, 5.41) is 12.7. The maximum Gasteiger partial charge on any atom is 0.236 e. The van der Waals surface area contributed by atoms with Crippen molar-refractivity contribution in [1.29, 1.82) is 0 Å². The van der Waals surface area contributed by atoms with Crippen LogP contribution in [-0.4, -0.2) is 47.7 Å². The van der Waals surface area contributed by atoms with Crippen LogP contribution in [-0.2, 0) is 4.79 Å². The van der Waals surface area contributed by atoms with Gasteiger partial charge in [0.1, 0.15) is 0 Å². The van der Waals surface area contributed by atoms with E-state index in [0.717, 1.165) is 51.6 Å². The molecule has 0 aromatic heterocycles. The van der Waals surface area contributed by atoms with Crippen molar-refractivity contribution in [2.45, 2.75) is 44.1 Å². The molecule has 0 radical (unpaired) electrons. The van der Waals surface area contributed by atoms with E-state index in [9.17, 15) is 9.90 Å². The highest BCUT2D eigenvalue weighted by Crippen LogP contribution is 2.28. The normalized spacial score (nSPS) is 23.9. The standard InChI is InChI=1S/C12H22N2O2/c15-10-12(5-1-2-6-12)13-9-11(16)14-7-3-4-8-14/h13,15H,1-10H2. The van der Waals surface area contributed by atoms with Crippen LogP contribution in [0.1, 0.15) is 38.5 Å². The Balaban J connectivity index is 1.79. The van der Waals surface area contributed by atoms with E-state index >= 15 is 0 Å². The Morgan fingerprint density at radius 1 is 1.19 bits per heavy atom. The largest absolute Gasteiger partial charge is 0.394 e. The molecule has 4 nitrogen and oxygen atoms in total. The monoisotopic (exact) mass is 226 g/mol. The molecule has 2 fully saturated rings. The summed E-state index contributed by atoms with van der Waals surface area (Å²) in [4.78, 5) is 13.8. The minimum absolute atomic E-state index is 0.153. The van der Waals surface area contributed by atoms with E-state index in [0.29, 0.717) is 6.54 Å². The van der Waals surface area contributed by atoms with Crippen molar-refractivity contribution in [2.24, 2.45) is 0 Å². The smallest absolute Gasteiger partial charge is 0.236 e. The molecule has 1 saturated carbocycles. The van der Waals surface area contributed by atoms with Gasteiger partial charge in [0.05, 0.1) is 13.2 Å². The molecule has 0 aromatic carbocycles. The number of likely N-dealkylation sites (tertiary alicyclic amines) is 1. The third-order valence-corrected chi connectivity index (χ3v) is 3.94. The molecular weight excluding hydrogens is 204 g/mol. The lowest BCUT2D eigenvalue weighted by Crippen LogP contribution is -2.50. The van der Waals surface area contributed by atoms with Gasteiger partial charge in [-0.05, 0) is 25.7 Å². The molecule has 2 rings (SSSR count).